The molecule has 138 valence electrons. The van der Waals surface area contributed by atoms with E-state index in [1.807, 2.05) is 29.2 Å². The average Bonchev–Trinajstić information content (AvgIpc) is 3.07. The van der Waals surface area contributed by atoms with Gasteiger partial charge in [0.25, 0.3) is 0 Å². The normalized spacial score (nSPS) is 20.4. The molecule has 2 saturated heterocycles. The van der Waals surface area contributed by atoms with Crippen molar-refractivity contribution in [1.82, 2.24) is 15.1 Å². The molecule has 0 unspecified atom stereocenters. The van der Waals surface area contributed by atoms with E-state index >= 15 is 0 Å². The topological polar surface area (TPSA) is 74.3 Å². The van der Waals surface area contributed by atoms with E-state index in [9.17, 15) is 9.90 Å². The van der Waals surface area contributed by atoms with E-state index in [2.05, 4.69) is 10.2 Å². The Morgan fingerprint density at radius 2 is 1.88 bits per heavy atom. The number of nitrogens with one attached hydrogen (secondary N) is 1. The molecule has 2 N–H and O–H groups in total. The van der Waals surface area contributed by atoms with Gasteiger partial charge in [0.2, 0.25) is 0 Å². The van der Waals surface area contributed by atoms with Gasteiger partial charge < -0.3 is 29.7 Å². The molecule has 2 amide bonds. The molecule has 0 radical (unpaired) electrons. The van der Waals surface area contributed by atoms with Crippen molar-refractivity contribution < 1.29 is 19.4 Å². The van der Waals surface area contributed by atoms with Gasteiger partial charge in [-0.3, -0.25) is 0 Å². The summed E-state index contributed by atoms with van der Waals surface area (Å²) in [6, 6.07) is 7.72. The molecule has 2 aliphatic heterocycles. The number of β-amino-alcohol motifs (C(OH)–C–C–N with tert-alkyl or cyclic N) is 1. The molecule has 0 aliphatic carbocycles. The molecule has 1 atom stereocenters. The fourth-order valence-corrected chi connectivity index (χ4v) is 3.46. The van der Waals surface area contributed by atoms with Crippen molar-refractivity contribution in [2.75, 3.05) is 46.4 Å². The first kappa shape index (κ1) is 17.8. The van der Waals surface area contributed by atoms with Gasteiger partial charge in [-0.05, 0) is 37.1 Å². The Morgan fingerprint density at radius 3 is 2.48 bits per heavy atom. The highest BCUT2D eigenvalue weighted by Crippen LogP contribution is 2.19. The third kappa shape index (κ3) is 4.76. The molecule has 1 aromatic rings. The molecule has 0 aromatic heterocycles. The first-order valence-electron chi connectivity index (χ1n) is 8.87. The number of aliphatic hydroxyl groups is 1. The van der Waals surface area contributed by atoms with Gasteiger partial charge in [-0.1, -0.05) is 0 Å². The van der Waals surface area contributed by atoms with Crippen molar-refractivity contribution >= 4 is 6.03 Å². The molecule has 3 rings (SSSR count). The number of ether oxygens (including phenoxy) is 2. The SMILES string of the molecule is COc1ccc(OC[C@@H](O)CN2CCC(N3CCNC3=O)CC2)cc1. The Hall–Kier alpha value is -1.99. The molecule has 0 bridgehead atoms. The number of hydrogen-bond acceptors (Lipinski definition) is 5. The van der Waals surface area contributed by atoms with Gasteiger partial charge in [-0.15, -0.1) is 0 Å². The van der Waals surface area contributed by atoms with E-state index in [0.29, 0.717) is 12.6 Å². The second-order valence-corrected chi connectivity index (χ2v) is 6.60. The lowest BCUT2D eigenvalue weighted by molar-refractivity contribution is 0.0508. The fourth-order valence-electron chi connectivity index (χ4n) is 3.46. The summed E-state index contributed by atoms with van der Waals surface area (Å²) in [4.78, 5) is 15.9. The summed E-state index contributed by atoms with van der Waals surface area (Å²) in [6.45, 7) is 4.21. The van der Waals surface area contributed by atoms with Crippen molar-refractivity contribution in [2.45, 2.75) is 25.0 Å². The number of methoxy groups -OCH3 is 1. The van der Waals surface area contributed by atoms with Gasteiger partial charge in [0.15, 0.2) is 0 Å². The molecule has 0 saturated carbocycles. The number of likely N-dealkylation sites (tertiary alicyclic amines) is 1. The van der Waals surface area contributed by atoms with Crippen LogP contribution in [0.5, 0.6) is 11.5 Å². The lowest BCUT2D eigenvalue weighted by Gasteiger charge is -2.36. The van der Waals surface area contributed by atoms with Crippen LogP contribution >= 0.6 is 0 Å². The third-order valence-electron chi connectivity index (χ3n) is 4.86. The van der Waals surface area contributed by atoms with Crippen LogP contribution in [0.15, 0.2) is 24.3 Å². The highest BCUT2D eigenvalue weighted by Gasteiger charge is 2.30. The predicted octanol–water partition coefficient (Wildman–Crippen LogP) is 0.925. The quantitative estimate of drug-likeness (QED) is 0.766. The number of rotatable bonds is 7. The summed E-state index contributed by atoms with van der Waals surface area (Å²) >= 11 is 0. The maximum Gasteiger partial charge on any atom is 0.317 e. The van der Waals surface area contributed by atoms with Gasteiger partial charge in [0, 0.05) is 38.8 Å². The molecule has 7 heteroatoms. The molecular weight excluding hydrogens is 322 g/mol. The molecular formula is C18H27N3O4. The van der Waals surface area contributed by atoms with Crippen molar-refractivity contribution in [3.63, 3.8) is 0 Å². The van der Waals surface area contributed by atoms with Crippen LogP contribution in [0.3, 0.4) is 0 Å². The summed E-state index contributed by atoms with van der Waals surface area (Å²) < 4.78 is 10.7. The van der Waals surface area contributed by atoms with E-state index in [4.69, 9.17) is 9.47 Å². The molecule has 7 nitrogen and oxygen atoms in total. The van der Waals surface area contributed by atoms with Gasteiger partial charge in [0.1, 0.15) is 24.2 Å². The first-order valence-corrected chi connectivity index (χ1v) is 8.87. The maximum atomic E-state index is 11.7. The van der Waals surface area contributed by atoms with Gasteiger partial charge in [-0.2, -0.15) is 0 Å². The molecule has 2 heterocycles. The zero-order valence-electron chi connectivity index (χ0n) is 14.7. The summed E-state index contributed by atoms with van der Waals surface area (Å²) in [7, 11) is 1.62. The van der Waals surface area contributed by atoms with E-state index in [1.165, 1.54) is 0 Å². The fraction of sp³-hybridized carbons (Fsp3) is 0.611. The highest BCUT2D eigenvalue weighted by atomic mass is 16.5. The van der Waals surface area contributed by atoms with E-state index < -0.39 is 6.10 Å². The van der Waals surface area contributed by atoms with Crippen LogP contribution in [0.25, 0.3) is 0 Å². The zero-order valence-corrected chi connectivity index (χ0v) is 14.7. The number of hydrogen-bond donors (Lipinski definition) is 2. The largest absolute Gasteiger partial charge is 0.497 e. The van der Waals surface area contributed by atoms with Gasteiger partial charge >= 0.3 is 6.03 Å². The van der Waals surface area contributed by atoms with Crippen molar-refractivity contribution in [2.24, 2.45) is 0 Å². The van der Waals surface area contributed by atoms with Crippen LogP contribution in [-0.4, -0.2) is 79.5 Å². The van der Waals surface area contributed by atoms with Crippen molar-refractivity contribution in [3.8, 4) is 11.5 Å². The molecule has 25 heavy (non-hydrogen) atoms. The lowest BCUT2D eigenvalue weighted by Crippen LogP contribution is -2.48. The van der Waals surface area contributed by atoms with Crippen molar-refractivity contribution in [1.29, 1.82) is 0 Å². The number of carbonyl (C=O) groups is 1. The van der Waals surface area contributed by atoms with Crippen LogP contribution < -0.4 is 14.8 Å². The minimum Gasteiger partial charge on any atom is -0.497 e. The Morgan fingerprint density at radius 1 is 1.20 bits per heavy atom. The van der Waals surface area contributed by atoms with E-state index in [0.717, 1.165) is 50.5 Å². The number of benzene rings is 1. The van der Waals surface area contributed by atoms with E-state index in [1.54, 1.807) is 7.11 Å². The molecule has 0 spiro atoms. The van der Waals surface area contributed by atoms with Crippen LogP contribution in [0, 0.1) is 0 Å². The highest BCUT2D eigenvalue weighted by molar-refractivity contribution is 5.76. The maximum absolute atomic E-state index is 11.7. The Kier molecular flexibility index (Phi) is 5.99. The van der Waals surface area contributed by atoms with Gasteiger partial charge in [-0.25, -0.2) is 4.79 Å². The molecule has 2 aliphatic rings. The second kappa shape index (κ2) is 8.40. The summed E-state index contributed by atoms with van der Waals surface area (Å²) in [5.41, 5.74) is 0. The third-order valence-corrected chi connectivity index (χ3v) is 4.86. The van der Waals surface area contributed by atoms with Crippen LogP contribution in [0.4, 0.5) is 4.79 Å². The standard InChI is InChI=1S/C18H27N3O4/c1-24-16-2-4-17(5-3-16)25-13-15(22)12-20-9-6-14(7-10-20)21-11-8-19-18(21)23/h2-5,14-15,22H,6-13H2,1H3,(H,19,23)/t15-/m0/s1. The van der Waals surface area contributed by atoms with Crippen LogP contribution in [-0.2, 0) is 0 Å². The minimum absolute atomic E-state index is 0.0615. The zero-order chi connectivity index (χ0) is 17.6. The number of nitrogens with zero attached hydrogens (tertiary/aromatic N) is 2. The number of urea groups is 1. The van der Waals surface area contributed by atoms with Crippen molar-refractivity contribution in [3.05, 3.63) is 24.3 Å². The summed E-state index contributed by atoms with van der Waals surface area (Å²) in [5, 5.41) is 13.1. The predicted molar refractivity (Wildman–Crippen MR) is 94.1 cm³/mol. The Bertz CT molecular complexity index is 558. The van der Waals surface area contributed by atoms with Crippen LogP contribution in [0.2, 0.25) is 0 Å². The van der Waals surface area contributed by atoms with Gasteiger partial charge in [0.05, 0.1) is 7.11 Å². The first-order chi connectivity index (χ1) is 12.2. The molecule has 2 fully saturated rings. The Labute approximate surface area is 148 Å². The monoisotopic (exact) mass is 349 g/mol. The average molecular weight is 349 g/mol. The Balaban J connectivity index is 1.37. The molecule has 1 aromatic carbocycles. The lowest BCUT2D eigenvalue weighted by atomic mass is 10.0. The minimum atomic E-state index is -0.534. The van der Waals surface area contributed by atoms with Crippen LogP contribution in [0.1, 0.15) is 12.8 Å². The number of amides is 2. The number of carbonyl (C=O) groups excluding carboxylic acids is 1. The van der Waals surface area contributed by atoms with E-state index in [-0.39, 0.29) is 12.6 Å². The summed E-state index contributed by atoms with van der Waals surface area (Å²) in [6.07, 6.45) is 1.38. The number of piperidine rings is 1. The summed E-state index contributed by atoms with van der Waals surface area (Å²) in [5.74, 6) is 1.50. The smallest absolute Gasteiger partial charge is 0.317 e. The second-order valence-electron chi connectivity index (χ2n) is 6.60. The number of aliphatic hydroxyl groups excluding tert-OH is 1.